The smallest absolute Gasteiger partial charge is 0.254 e. The van der Waals surface area contributed by atoms with Crippen LogP contribution in [-0.4, -0.2) is 63.5 Å². The molecule has 0 saturated carbocycles. The van der Waals surface area contributed by atoms with Crippen LogP contribution in [0.3, 0.4) is 0 Å². The Kier molecular flexibility index (Phi) is 8.58. The summed E-state index contributed by atoms with van der Waals surface area (Å²) >= 11 is 1.62. The lowest BCUT2D eigenvalue weighted by Gasteiger charge is -2.29. The van der Waals surface area contributed by atoms with E-state index in [1.807, 2.05) is 58.2 Å². The van der Waals surface area contributed by atoms with Crippen molar-refractivity contribution in [2.45, 2.75) is 58.2 Å². The van der Waals surface area contributed by atoms with Crippen LogP contribution in [0.15, 0.2) is 41.1 Å². The number of carbonyl (C=O) groups is 3. The minimum absolute atomic E-state index is 0.0418. The molecule has 2 aromatic heterocycles. The van der Waals surface area contributed by atoms with Crippen LogP contribution < -0.4 is 10.1 Å². The molecular weight excluding hydrogens is 508 g/mol. The van der Waals surface area contributed by atoms with E-state index in [1.165, 1.54) is 11.0 Å². The highest BCUT2D eigenvalue weighted by molar-refractivity contribution is 7.15. The lowest BCUT2D eigenvalue weighted by atomic mass is 9.91. The number of aryl methyl sites for hydroxylation is 1. The van der Waals surface area contributed by atoms with E-state index in [4.69, 9.17) is 9.26 Å². The first kappa shape index (κ1) is 27.5. The molecule has 1 aliphatic heterocycles. The van der Waals surface area contributed by atoms with Crippen LogP contribution in [0.1, 0.15) is 55.5 Å². The van der Waals surface area contributed by atoms with E-state index in [-0.39, 0.29) is 55.0 Å². The number of thiazole rings is 1. The number of aliphatic hydroxyl groups is 1. The average Bonchev–Trinajstić information content (AvgIpc) is 3.62. The summed E-state index contributed by atoms with van der Waals surface area (Å²) < 4.78 is 10.5. The molecule has 0 unspecified atom stereocenters. The maximum absolute atomic E-state index is 13.6. The number of likely N-dealkylation sites (tertiary alicyclic amines) is 1. The molecule has 10 nitrogen and oxygen atoms in total. The first-order chi connectivity index (χ1) is 18.2. The number of carbonyl (C=O) groups excluding carboxylic acids is 3. The highest BCUT2D eigenvalue weighted by Crippen LogP contribution is 2.33. The van der Waals surface area contributed by atoms with Gasteiger partial charge in [-0.2, -0.15) is 0 Å². The topological polar surface area (TPSA) is 135 Å². The predicted molar refractivity (Wildman–Crippen MR) is 141 cm³/mol. The molecule has 2 N–H and O–H groups in total. The number of ether oxygens (including phenoxy) is 1. The van der Waals surface area contributed by atoms with Gasteiger partial charge in [0.15, 0.2) is 12.0 Å². The molecule has 3 aromatic rings. The second kappa shape index (κ2) is 11.9. The Labute approximate surface area is 225 Å². The van der Waals surface area contributed by atoms with E-state index in [0.717, 1.165) is 21.0 Å². The Balaban J connectivity index is 1.46. The van der Waals surface area contributed by atoms with Crippen LogP contribution in [-0.2, 0) is 14.4 Å². The number of nitrogens with zero attached hydrogens (tertiary/aromatic N) is 3. The molecule has 38 heavy (non-hydrogen) atoms. The molecule has 2 amide bonds. The Morgan fingerprint density at radius 3 is 2.66 bits per heavy atom. The van der Waals surface area contributed by atoms with Gasteiger partial charge in [0.1, 0.15) is 18.6 Å². The Morgan fingerprint density at radius 1 is 1.29 bits per heavy atom. The van der Waals surface area contributed by atoms with Gasteiger partial charge in [-0.05, 0) is 36.0 Å². The van der Waals surface area contributed by atoms with Gasteiger partial charge in [-0.1, -0.05) is 38.1 Å². The molecule has 202 valence electrons. The number of aldehydes is 1. The molecule has 4 rings (SSSR count). The molecule has 1 aliphatic rings. The fraction of sp³-hybridized carbons (Fsp3) is 0.444. The molecule has 0 aliphatic carbocycles. The van der Waals surface area contributed by atoms with Crippen molar-refractivity contribution in [3.63, 3.8) is 0 Å². The maximum Gasteiger partial charge on any atom is 0.254 e. The van der Waals surface area contributed by atoms with Crippen molar-refractivity contribution < 1.29 is 28.8 Å². The van der Waals surface area contributed by atoms with Crippen molar-refractivity contribution >= 4 is 29.4 Å². The second-order valence-electron chi connectivity index (χ2n) is 9.76. The van der Waals surface area contributed by atoms with E-state index in [1.54, 1.807) is 11.3 Å². The Hall–Kier alpha value is -3.57. The van der Waals surface area contributed by atoms with Gasteiger partial charge in [0.05, 0.1) is 22.0 Å². The molecule has 0 radical (unpaired) electrons. The van der Waals surface area contributed by atoms with E-state index in [2.05, 4.69) is 15.5 Å². The van der Waals surface area contributed by atoms with Crippen molar-refractivity contribution in [1.29, 1.82) is 0 Å². The summed E-state index contributed by atoms with van der Waals surface area (Å²) in [5.41, 5.74) is 1.98. The molecule has 1 fully saturated rings. The molecule has 4 atom stereocenters. The van der Waals surface area contributed by atoms with E-state index in [9.17, 15) is 19.5 Å². The molecule has 3 heterocycles. The number of β-amino-alcohol motifs (C(OH)–C–C–N with tert-alkyl or cyclic N) is 1. The van der Waals surface area contributed by atoms with Gasteiger partial charge < -0.3 is 24.6 Å². The number of rotatable bonds is 10. The van der Waals surface area contributed by atoms with E-state index in [0.29, 0.717) is 6.29 Å². The fourth-order valence-electron chi connectivity index (χ4n) is 4.65. The third-order valence-electron chi connectivity index (χ3n) is 6.59. The summed E-state index contributed by atoms with van der Waals surface area (Å²) in [6, 6.07) is 8.27. The van der Waals surface area contributed by atoms with Gasteiger partial charge in [-0.15, -0.1) is 11.3 Å². The van der Waals surface area contributed by atoms with Crippen LogP contribution in [0, 0.1) is 12.8 Å². The van der Waals surface area contributed by atoms with Gasteiger partial charge in [-0.3, -0.25) is 14.4 Å². The van der Waals surface area contributed by atoms with Gasteiger partial charge in [0.2, 0.25) is 11.8 Å². The predicted octanol–water partition coefficient (Wildman–Crippen LogP) is 3.26. The van der Waals surface area contributed by atoms with E-state index >= 15 is 0 Å². The normalized spacial score (nSPS) is 18.8. The quantitative estimate of drug-likeness (QED) is 0.374. The highest BCUT2D eigenvalue weighted by Gasteiger charge is 2.43. The average molecular weight is 541 g/mol. The third-order valence-corrected chi connectivity index (χ3v) is 7.55. The molecule has 11 heteroatoms. The third kappa shape index (κ3) is 6.11. The standard InChI is InChI=1S/C27H32N4O6S/c1-15(2)25(22-12-24(30-37-22)36-10-9-32)27(35)31-14-20(33)11-21(31)26(34)29-16(3)18-5-7-19(8-6-18)23-13-28-17(4)38-23/h5-9,12-13,15-16,20-21,25,33H,10-11,14H2,1-4H3,(H,29,34)/t16-,20+,21-,25+/m0/s1. The van der Waals surface area contributed by atoms with Gasteiger partial charge in [0.25, 0.3) is 5.88 Å². The highest BCUT2D eigenvalue weighted by atomic mass is 32.1. The van der Waals surface area contributed by atoms with Crippen LogP contribution >= 0.6 is 11.3 Å². The molecule has 1 saturated heterocycles. The zero-order valence-electron chi connectivity index (χ0n) is 21.8. The zero-order chi connectivity index (χ0) is 27.4. The SMILES string of the molecule is Cc1ncc(-c2ccc([C@H](C)NC(=O)[C@@H]3C[C@@H](O)CN3C(=O)[C@@H](c3cc(OCC=O)no3)C(C)C)cc2)s1. The number of hydrogen-bond donors (Lipinski definition) is 2. The van der Waals surface area contributed by atoms with Gasteiger partial charge >= 0.3 is 0 Å². The summed E-state index contributed by atoms with van der Waals surface area (Å²) in [6.45, 7) is 7.42. The molecule has 1 aromatic carbocycles. The minimum Gasteiger partial charge on any atom is -0.468 e. The van der Waals surface area contributed by atoms with E-state index < -0.39 is 18.1 Å². The van der Waals surface area contributed by atoms with Gasteiger partial charge in [0, 0.05) is 25.2 Å². The molecule has 0 bridgehead atoms. The molecule has 0 spiro atoms. The summed E-state index contributed by atoms with van der Waals surface area (Å²) in [7, 11) is 0. The number of aliphatic hydroxyl groups excluding tert-OH is 1. The molecular formula is C27H32N4O6S. The van der Waals surface area contributed by atoms with Crippen LogP contribution in [0.4, 0.5) is 0 Å². The van der Waals surface area contributed by atoms with Crippen molar-refractivity contribution in [2.24, 2.45) is 5.92 Å². The van der Waals surface area contributed by atoms with Crippen LogP contribution in [0.5, 0.6) is 5.88 Å². The first-order valence-electron chi connectivity index (χ1n) is 12.5. The van der Waals surface area contributed by atoms with Crippen molar-refractivity contribution in [2.75, 3.05) is 13.2 Å². The lowest BCUT2D eigenvalue weighted by Crippen LogP contribution is -2.48. The summed E-state index contributed by atoms with van der Waals surface area (Å²) in [6.07, 6.45) is 1.76. The number of amides is 2. The van der Waals surface area contributed by atoms with Crippen LogP contribution in [0.2, 0.25) is 0 Å². The monoisotopic (exact) mass is 540 g/mol. The second-order valence-corrected chi connectivity index (χ2v) is 11.0. The minimum atomic E-state index is -0.825. The van der Waals surface area contributed by atoms with Crippen molar-refractivity contribution in [1.82, 2.24) is 20.4 Å². The zero-order valence-corrected chi connectivity index (χ0v) is 22.6. The maximum atomic E-state index is 13.6. The largest absolute Gasteiger partial charge is 0.468 e. The van der Waals surface area contributed by atoms with Crippen molar-refractivity contribution in [3.05, 3.63) is 52.9 Å². The Bertz CT molecular complexity index is 1270. The lowest BCUT2D eigenvalue weighted by molar-refractivity contribution is -0.141. The first-order valence-corrected chi connectivity index (χ1v) is 13.3. The number of nitrogens with one attached hydrogen (secondary N) is 1. The number of hydrogen-bond acceptors (Lipinski definition) is 9. The summed E-state index contributed by atoms with van der Waals surface area (Å²) in [4.78, 5) is 44.3. The van der Waals surface area contributed by atoms with Gasteiger partial charge in [-0.25, -0.2) is 4.98 Å². The summed E-state index contributed by atoms with van der Waals surface area (Å²) in [5, 5.41) is 18.2. The van der Waals surface area contributed by atoms with Crippen LogP contribution in [0.25, 0.3) is 10.4 Å². The number of benzene rings is 1. The fourth-order valence-corrected chi connectivity index (χ4v) is 5.43. The van der Waals surface area contributed by atoms with Crippen molar-refractivity contribution in [3.8, 4) is 16.3 Å². The number of aromatic nitrogens is 2. The summed E-state index contributed by atoms with van der Waals surface area (Å²) in [5.74, 6) is -1.22. The Morgan fingerprint density at radius 2 is 2.03 bits per heavy atom.